The fraction of sp³-hybridized carbons (Fsp3) is 0.273. The van der Waals surface area contributed by atoms with Gasteiger partial charge in [-0.1, -0.05) is 12.1 Å². The van der Waals surface area contributed by atoms with E-state index in [0.29, 0.717) is 11.4 Å². The molecule has 4 heterocycles. The van der Waals surface area contributed by atoms with Gasteiger partial charge < -0.3 is 20.6 Å². The third kappa shape index (κ3) is 2.96. The van der Waals surface area contributed by atoms with Crippen LogP contribution in [0.5, 0.6) is 0 Å². The normalized spacial score (nSPS) is 15.3. The van der Waals surface area contributed by atoms with Crippen molar-refractivity contribution in [2.75, 3.05) is 18.4 Å². The lowest BCUT2D eigenvalue weighted by molar-refractivity contribution is 0.478. The lowest BCUT2D eigenvalue weighted by Crippen LogP contribution is -2.35. The van der Waals surface area contributed by atoms with Crippen LogP contribution >= 0.6 is 0 Å². The number of aryl methyl sites for hydroxylation is 1. The van der Waals surface area contributed by atoms with Crippen LogP contribution in [0.15, 0.2) is 47.4 Å². The fourth-order valence-electron chi connectivity index (χ4n) is 4.13. The second-order valence-electron chi connectivity index (χ2n) is 7.51. The van der Waals surface area contributed by atoms with Crippen LogP contribution in [0.25, 0.3) is 33.1 Å². The zero-order chi connectivity index (χ0) is 19.1. The number of hydrogen-bond acceptors (Lipinski definition) is 4. The summed E-state index contributed by atoms with van der Waals surface area (Å²) < 4.78 is 0. The van der Waals surface area contributed by atoms with E-state index in [-0.39, 0.29) is 5.43 Å². The number of piperidine rings is 1. The molecule has 28 heavy (non-hydrogen) atoms. The van der Waals surface area contributed by atoms with Crippen LogP contribution in [-0.4, -0.2) is 34.1 Å². The van der Waals surface area contributed by atoms with Crippen LogP contribution in [-0.2, 0) is 0 Å². The van der Waals surface area contributed by atoms with Gasteiger partial charge in [-0.3, -0.25) is 4.79 Å². The molecule has 0 atom stereocenters. The van der Waals surface area contributed by atoms with Crippen LogP contribution in [0, 0.1) is 6.92 Å². The highest BCUT2D eigenvalue weighted by atomic mass is 16.1. The average molecular weight is 373 g/mol. The number of fused-ring (bicyclic) bond motifs is 2. The molecule has 3 aromatic heterocycles. The van der Waals surface area contributed by atoms with Gasteiger partial charge in [0.05, 0.1) is 5.52 Å². The first kappa shape index (κ1) is 17.0. The van der Waals surface area contributed by atoms with E-state index in [2.05, 4.69) is 32.7 Å². The number of para-hydroxylation sites is 1. The Bertz CT molecular complexity index is 1220. The van der Waals surface area contributed by atoms with E-state index in [1.807, 2.05) is 31.3 Å². The molecule has 4 aromatic rings. The number of rotatable bonds is 3. The molecular formula is C22H23N5O. The van der Waals surface area contributed by atoms with Crippen LogP contribution in [0.2, 0.25) is 0 Å². The summed E-state index contributed by atoms with van der Waals surface area (Å²) in [5.74, 6) is 0.865. The Labute approximate surface area is 162 Å². The third-order valence-corrected chi connectivity index (χ3v) is 5.51. The number of benzene rings is 1. The first-order valence-corrected chi connectivity index (χ1v) is 9.77. The molecule has 142 valence electrons. The Hall–Kier alpha value is -3.12. The number of nitrogens with one attached hydrogen (secondary N) is 4. The summed E-state index contributed by atoms with van der Waals surface area (Å²) in [4.78, 5) is 23.9. The maximum atomic E-state index is 12.5. The Morgan fingerprint density at radius 3 is 2.79 bits per heavy atom. The van der Waals surface area contributed by atoms with Crippen LogP contribution in [0.1, 0.15) is 18.5 Å². The van der Waals surface area contributed by atoms with E-state index in [4.69, 9.17) is 4.98 Å². The van der Waals surface area contributed by atoms with Crippen molar-refractivity contribution >= 4 is 27.8 Å². The molecule has 6 nitrogen and oxygen atoms in total. The molecule has 0 saturated carbocycles. The second-order valence-corrected chi connectivity index (χ2v) is 7.51. The molecule has 1 aliphatic heterocycles. The van der Waals surface area contributed by atoms with Crippen molar-refractivity contribution in [2.24, 2.45) is 0 Å². The topological polar surface area (TPSA) is 85.6 Å². The molecular weight excluding hydrogens is 350 g/mol. The van der Waals surface area contributed by atoms with Crippen molar-refractivity contribution in [1.82, 2.24) is 20.3 Å². The minimum atomic E-state index is 0.0422. The van der Waals surface area contributed by atoms with Crippen LogP contribution in [0.3, 0.4) is 0 Å². The van der Waals surface area contributed by atoms with Gasteiger partial charge in [-0.2, -0.15) is 0 Å². The van der Waals surface area contributed by atoms with E-state index in [1.54, 1.807) is 6.07 Å². The number of aromatic amines is 2. The van der Waals surface area contributed by atoms with Crippen LogP contribution in [0.4, 0.5) is 5.82 Å². The molecule has 1 aliphatic rings. The molecule has 6 heteroatoms. The Morgan fingerprint density at radius 1 is 1.07 bits per heavy atom. The summed E-state index contributed by atoms with van der Waals surface area (Å²) in [6.07, 6.45) is 4.08. The maximum Gasteiger partial charge on any atom is 0.189 e. The lowest BCUT2D eigenvalue weighted by atomic mass is 9.99. The number of nitrogens with zero attached hydrogens (tertiary/aromatic N) is 1. The maximum absolute atomic E-state index is 12.5. The van der Waals surface area contributed by atoms with Crippen molar-refractivity contribution in [3.05, 3.63) is 58.5 Å². The van der Waals surface area contributed by atoms with E-state index < -0.39 is 0 Å². The molecule has 1 aromatic carbocycles. The summed E-state index contributed by atoms with van der Waals surface area (Å²) in [5, 5.41) is 8.75. The first-order valence-electron chi connectivity index (χ1n) is 9.77. The highest BCUT2D eigenvalue weighted by molar-refractivity contribution is 6.03. The number of aromatic nitrogens is 3. The first-order chi connectivity index (χ1) is 13.7. The summed E-state index contributed by atoms with van der Waals surface area (Å²) in [6.45, 7) is 3.97. The minimum absolute atomic E-state index is 0.0422. The van der Waals surface area contributed by atoms with Gasteiger partial charge in [0.25, 0.3) is 0 Å². The molecule has 0 amide bonds. The Kier molecular flexibility index (Phi) is 4.13. The zero-order valence-electron chi connectivity index (χ0n) is 15.8. The molecule has 0 unspecified atom stereocenters. The van der Waals surface area contributed by atoms with Crippen LogP contribution < -0.4 is 16.1 Å². The number of pyridine rings is 2. The van der Waals surface area contributed by atoms with E-state index in [1.165, 1.54) is 0 Å². The molecule has 0 radical (unpaired) electrons. The van der Waals surface area contributed by atoms with Crippen molar-refractivity contribution in [2.45, 2.75) is 25.8 Å². The standard InChI is InChI=1S/C22H23N5O/c1-13-11-19(28)17-4-2-3-15(21(17)25-13)18-12-20(26-14-5-8-23-9-6-14)27-22-16(18)7-10-24-22/h2-4,7,10-12,14,23H,5-6,8-9H2,1H3,(H,25,28)(H2,24,26,27). The molecule has 4 N–H and O–H groups in total. The summed E-state index contributed by atoms with van der Waals surface area (Å²) in [5.41, 5.74) is 4.70. The summed E-state index contributed by atoms with van der Waals surface area (Å²) in [6, 6.07) is 12.1. The van der Waals surface area contributed by atoms with Gasteiger partial charge in [-0.05, 0) is 56.6 Å². The molecule has 0 bridgehead atoms. The Balaban J connectivity index is 1.69. The predicted octanol–water partition coefficient (Wildman–Crippen LogP) is 3.54. The SMILES string of the molecule is Cc1cc(=O)c2cccc(-c3cc(NC4CCNCC4)nc4[nH]ccc34)c2[nH]1. The molecule has 0 aliphatic carbocycles. The highest BCUT2D eigenvalue weighted by Crippen LogP contribution is 2.33. The van der Waals surface area contributed by atoms with E-state index in [0.717, 1.165) is 65.1 Å². The summed E-state index contributed by atoms with van der Waals surface area (Å²) in [7, 11) is 0. The van der Waals surface area contributed by atoms with Crippen molar-refractivity contribution < 1.29 is 0 Å². The van der Waals surface area contributed by atoms with Gasteiger partial charge in [-0.15, -0.1) is 0 Å². The van der Waals surface area contributed by atoms with Crippen molar-refractivity contribution in [3.63, 3.8) is 0 Å². The minimum Gasteiger partial charge on any atom is -0.367 e. The van der Waals surface area contributed by atoms with Gasteiger partial charge >= 0.3 is 0 Å². The number of anilines is 1. The molecule has 1 fully saturated rings. The largest absolute Gasteiger partial charge is 0.367 e. The Morgan fingerprint density at radius 2 is 1.93 bits per heavy atom. The predicted molar refractivity (Wildman–Crippen MR) is 114 cm³/mol. The van der Waals surface area contributed by atoms with E-state index >= 15 is 0 Å². The second kappa shape index (κ2) is 6.80. The van der Waals surface area contributed by atoms with Crippen molar-refractivity contribution in [1.29, 1.82) is 0 Å². The molecule has 1 saturated heterocycles. The van der Waals surface area contributed by atoms with Gasteiger partial charge in [0.2, 0.25) is 0 Å². The van der Waals surface area contributed by atoms with E-state index in [9.17, 15) is 4.79 Å². The van der Waals surface area contributed by atoms with Crippen molar-refractivity contribution in [3.8, 4) is 11.1 Å². The zero-order valence-corrected chi connectivity index (χ0v) is 15.8. The quantitative estimate of drug-likeness (QED) is 0.442. The van der Waals surface area contributed by atoms with Gasteiger partial charge in [0.1, 0.15) is 11.5 Å². The number of H-pyrrole nitrogens is 2. The highest BCUT2D eigenvalue weighted by Gasteiger charge is 2.17. The smallest absolute Gasteiger partial charge is 0.189 e. The lowest BCUT2D eigenvalue weighted by Gasteiger charge is -2.24. The average Bonchev–Trinajstić information content (AvgIpc) is 3.16. The molecule has 5 rings (SSSR count). The van der Waals surface area contributed by atoms with Gasteiger partial charge in [-0.25, -0.2) is 4.98 Å². The summed E-state index contributed by atoms with van der Waals surface area (Å²) >= 11 is 0. The van der Waals surface area contributed by atoms with Gasteiger partial charge in [0.15, 0.2) is 5.43 Å². The van der Waals surface area contributed by atoms with Gasteiger partial charge in [0, 0.05) is 40.3 Å². The molecule has 0 spiro atoms. The third-order valence-electron chi connectivity index (χ3n) is 5.51. The fourth-order valence-corrected chi connectivity index (χ4v) is 4.13. The monoisotopic (exact) mass is 373 g/mol. The number of hydrogen-bond donors (Lipinski definition) is 4.